The lowest BCUT2D eigenvalue weighted by atomic mass is 9.49. The second-order valence-corrected chi connectivity index (χ2v) is 6.71. The zero-order valence-electron chi connectivity index (χ0n) is 11.0. The number of hydrogen-bond acceptors (Lipinski definition) is 1. The molecule has 2 unspecified atom stereocenters. The fraction of sp³-hybridized carbons (Fsp3) is 0.647. The number of benzene rings is 1. The minimum Gasteiger partial charge on any atom is -0.508 e. The average Bonchev–Trinajstić information content (AvgIpc) is 2.40. The van der Waals surface area contributed by atoms with E-state index in [1.165, 1.54) is 62.5 Å². The Bertz CT molecular complexity index is 474. The van der Waals surface area contributed by atoms with Gasteiger partial charge in [-0.1, -0.05) is 25.3 Å². The molecule has 0 heterocycles. The molecule has 2 saturated carbocycles. The molecular formula is C17H22O. The zero-order valence-corrected chi connectivity index (χ0v) is 11.0. The van der Waals surface area contributed by atoms with Crippen molar-refractivity contribution in [2.75, 3.05) is 0 Å². The van der Waals surface area contributed by atoms with Gasteiger partial charge < -0.3 is 5.11 Å². The largest absolute Gasteiger partial charge is 0.508 e. The van der Waals surface area contributed by atoms with Crippen molar-refractivity contribution >= 4 is 0 Å². The van der Waals surface area contributed by atoms with E-state index in [0.717, 1.165) is 11.8 Å². The van der Waals surface area contributed by atoms with Crippen LogP contribution in [0.5, 0.6) is 5.75 Å². The van der Waals surface area contributed by atoms with Crippen LogP contribution >= 0.6 is 0 Å². The molecule has 0 aromatic heterocycles. The van der Waals surface area contributed by atoms with Crippen LogP contribution in [0.15, 0.2) is 18.2 Å². The maximum Gasteiger partial charge on any atom is 0.115 e. The van der Waals surface area contributed by atoms with Crippen LogP contribution in [0.3, 0.4) is 0 Å². The third kappa shape index (κ3) is 1.34. The second-order valence-electron chi connectivity index (χ2n) is 6.71. The van der Waals surface area contributed by atoms with Gasteiger partial charge in [0.2, 0.25) is 0 Å². The lowest BCUT2D eigenvalue weighted by Gasteiger charge is -2.55. The topological polar surface area (TPSA) is 20.2 Å². The Labute approximate surface area is 109 Å². The van der Waals surface area contributed by atoms with Crippen molar-refractivity contribution in [1.82, 2.24) is 0 Å². The van der Waals surface area contributed by atoms with Gasteiger partial charge >= 0.3 is 0 Å². The van der Waals surface area contributed by atoms with Gasteiger partial charge in [-0.15, -0.1) is 0 Å². The molecule has 2 bridgehead atoms. The number of rotatable bonds is 0. The highest BCUT2D eigenvalue weighted by molar-refractivity contribution is 5.44. The molecule has 1 heteroatoms. The Morgan fingerprint density at radius 3 is 2.89 bits per heavy atom. The van der Waals surface area contributed by atoms with Crippen LogP contribution in [-0.4, -0.2) is 5.11 Å². The van der Waals surface area contributed by atoms with E-state index in [2.05, 4.69) is 12.1 Å². The monoisotopic (exact) mass is 242 g/mol. The molecule has 3 aliphatic rings. The van der Waals surface area contributed by atoms with E-state index >= 15 is 0 Å². The van der Waals surface area contributed by atoms with E-state index in [0.29, 0.717) is 11.2 Å². The van der Waals surface area contributed by atoms with E-state index < -0.39 is 0 Å². The molecule has 0 amide bonds. The number of aromatic hydroxyl groups is 1. The molecule has 0 spiro atoms. The summed E-state index contributed by atoms with van der Waals surface area (Å²) in [5, 5.41) is 9.87. The molecule has 0 radical (unpaired) electrons. The number of fused-ring (bicyclic) bond motifs is 1. The Kier molecular flexibility index (Phi) is 2.27. The van der Waals surface area contributed by atoms with Crippen molar-refractivity contribution in [2.45, 2.75) is 56.8 Å². The molecule has 2 fully saturated rings. The highest BCUT2D eigenvalue weighted by Gasteiger charge is 2.51. The molecule has 18 heavy (non-hydrogen) atoms. The van der Waals surface area contributed by atoms with Gasteiger partial charge in [0, 0.05) is 0 Å². The molecule has 96 valence electrons. The van der Waals surface area contributed by atoms with Gasteiger partial charge in [0.15, 0.2) is 0 Å². The molecule has 1 aromatic rings. The first-order valence-corrected chi connectivity index (χ1v) is 7.62. The molecule has 1 nitrogen and oxygen atoms in total. The minimum atomic E-state index is 0.438. The molecule has 1 aromatic carbocycles. The molecular weight excluding hydrogens is 220 g/mol. The van der Waals surface area contributed by atoms with Crippen molar-refractivity contribution < 1.29 is 5.11 Å². The van der Waals surface area contributed by atoms with Crippen LogP contribution < -0.4 is 0 Å². The maximum atomic E-state index is 9.87. The Hall–Kier alpha value is -0.980. The lowest BCUT2D eigenvalue weighted by Crippen LogP contribution is -2.49. The maximum absolute atomic E-state index is 9.87. The quantitative estimate of drug-likeness (QED) is 0.723. The Morgan fingerprint density at radius 1 is 1.06 bits per heavy atom. The first-order chi connectivity index (χ1) is 8.79. The normalized spacial score (nSPS) is 37.8. The molecule has 1 N–H and O–H groups in total. The lowest BCUT2D eigenvalue weighted by molar-refractivity contribution is 0.0521. The van der Waals surface area contributed by atoms with E-state index in [4.69, 9.17) is 0 Å². The third-order valence-corrected chi connectivity index (χ3v) is 5.98. The Morgan fingerprint density at radius 2 is 1.94 bits per heavy atom. The minimum absolute atomic E-state index is 0.438. The second kappa shape index (κ2) is 3.76. The SMILES string of the molecule is Oc1ccc2c(c1)C13CCCC[C@H]1C(CCC3)C2. The van der Waals surface area contributed by atoms with Crippen molar-refractivity contribution in [3.63, 3.8) is 0 Å². The van der Waals surface area contributed by atoms with Crippen LogP contribution in [-0.2, 0) is 11.8 Å². The van der Waals surface area contributed by atoms with Crippen molar-refractivity contribution in [3.8, 4) is 5.75 Å². The smallest absolute Gasteiger partial charge is 0.115 e. The molecule has 3 aliphatic carbocycles. The summed E-state index contributed by atoms with van der Waals surface area (Å²) in [6.07, 6.45) is 11.1. The summed E-state index contributed by atoms with van der Waals surface area (Å²) < 4.78 is 0. The summed E-state index contributed by atoms with van der Waals surface area (Å²) in [5.74, 6) is 2.31. The average molecular weight is 242 g/mol. The van der Waals surface area contributed by atoms with E-state index in [1.807, 2.05) is 6.07 Å². The number of phenolic OH excluding ortho intramolecular Hbond substituents is 1. The highest BCUT2D eigenvalue weighted by Crippen LogP contribution is 2.58. The Balaban J connectivity index is 1.91. The summed E-state index contributed by atoms with van der Waals surface area (Å²) in [7, 11) is 0. The van der Waals surface area contributed by atoms with E-state index in [-0.39, 0.29) is 0 Å². The van der Waals surface area contributed by atoms with Crippen LogP contribution in [0.2, 0.25) is 0 Å². The zero-order chi connectivity index (χ0) is 12.2. The predicted octanol–water partition coefficient (Wildman–Crippen LogP) is 4.18. The summed E-state index contributed by atoms with van der Waals surface area (Å²) in [6, 6.07) is 6.17. The van der Waals surface area contributed by atoms with E-state index in [1.54, 1.807) is 0 Å². The molecule has 4 rings (SSSR count). The van der Waals surface area contributed by atoms with Crippen LogP contribution in [0.4, 0.5) is 0 Å². The van der Waals surface area contributed by atoms with Gasteiger partial charge in [0.1, 0.15) is 5.75 Å². The summed E-state index contributed by atoms with van der Waals surface area (Å²) >= 11 is 0. The van der Waals surface area contributed by atoms with Crippen molar-refractivity contribution in [2.24, 2.45) is 11.8 Å². The van der Waals surface area contributed by atoms with Gasteiger partial charge in [-0.2, -0.15) is 0 Å². The number of phenols is 1. The predicted molar refractivity (Wildman–Crippen MR) is 72.8 cm³/mol. The van der Waals surface area contributed by atoms with Crippen molar-refractivity contribution in [1.29, 1.82) is 0 Å². The summed E-state index contributed by atoms with van der Waals surface area (Å²) in [6.45, 7) is 0. The third-order valence-electron chi connectivity index (χ3n) is 5.98. The fourth-order valence-electron chi connectivity index (χ4n) is 5.35. The van der Waals surface area contributed by atoms with Crippen LogP contribution in [0, 0.1) is 11.8 Å². The number of hydrogen-bond donors (Lipinski definition) is 1. The highest BCUT2D eigenvalue weighted by atomic mass is 16.3. The van der Waals surface area contributed by atoms with Crippen LogP contribution in [0.1, 0.15) is 56.1 Å². The van der Waals surface area contributed by atoms with Gasteiger partial charge in [0.05, 0.1) is 0 Å². The standard InChI is InChI=1S/C17H22O/c18-14-7-6-13-10-12-4-3-9-17(16(13)11-14)8-2-1-5-15(12)17/h6-7,11-12,15,18H,1-5,8-10H2/t12?,15-,17?/m0/s1. The first-order valence-electron chi connectivity index (χ1n) is 7.62. The van der Waals surface area contributed by atoms with Crippen molar-refractivity contribution in [3.05, 3.63) is 29.3 Å². The van der Waals surface area contributed by atoms with Gasteiger partial charge in [-0.3, -0.25) is 0 Å². The molecule has 0 aliphatic heterocycles. The summed E-state index contributed by atoms with van der Waals surface area (Å²) in [4.78, 5) is 0. The van der Waals surface area contributed by atoms with Gasteiger partial charge in [-0.05, 0) is 72.6 Å². The molecule has 0 saturated heterocycles. The summed E-state index contributed by atoms with van der Waals surface area (Å²) in [5.41, 5.74) is 3.49. The molecule has 3 atom stereocenters. The first kappa shape index (κ1) is 10.9. The van der Waals surface area contributed by atoms with Gasteiger partial charge in [0.25, 0.3) is 0 Å². The fourth-order valence-corrected chi connectivity index (χ4v) is 5.35. The van der Waals surface area contributed by atoms with E-state index in [9.17, 15) is 5.11 Å². The van der Waals surface area contributed by atoms with Crippen LogP contribution in [0.25, 0.3) is 0 Å². The van der Waals surface area contributed by atoms with Gasteiger partial charge in [-0.25, -0.2) is 0 Å².